The summed E-state index contributed by atoms with van der Waals surface area (Å²) in [6.07, 6.45) is 8.54. The summed E-state index contributed by atoms with van der Waals surface area (Å²) in [6.45, 7) is 5.03. The van der Waals surface area contributed by atoms with Crippen LogP contribution >= 0.6 is 0 Å². The van der Waals surface area contributed by atoms with Gasteiger partial charge in [0.05, 0.1) is 11.5 Å². The first-order valence-electron chi connectivity index (χ1n) is 6.81. The molecule has 2 unspecified atom stereocenters. The highest BCUT2D eigenvalue weighted by atomic mass is 16.5. The van der Waals surface area contributed by atoms with Gasteiger partial charge in [0.25, 0.3) is 0 Å². The zero-order valence-corrected chi connectivity index (χ0v) is 10.6. The van der Waals surface area contributed by atoms with Gasteiger partial charge in [-0.2, -0.15) is 0 Å². The number of Topliss-reactive ketones (excluding diaryl/α,β-unsaturated/α-hetero) is 1. The van der Waals surface area contributed by atoms with Gasteiger partial charge in [-0.05, 0) is 25.2 Å². The maximum absolute atomic E-state index is 11.6. The van der Waals surface area contributed by atoms with Crippen molar-refractivity contribution in [1.29, 1.82) is 0 Å². The van der Waals surface area contributed by atoms with Crippen molar-refractivity contribution in [3.8, 4) is 0 Å². The monoisotopic (exact) mass is 224 g/mol. The standard InChI is InChI=1S/C14H24O2/c1-3-14(2)12(15)9-13(14)16-10-11-7-5-4-6-8-11/h11,13H,3-10H2,1-2H3. The van der Waals surface area contributed by atoms with E-state index >= 15 is 0 Å². The first-order valence-corrected chi connectivity index (χ1v) is 6.81. The Labute approximate surface area is 98.7 Å². The minimum absolute atomic E-state index is 0.172. The molecule has 0 bridgehead atoms. The molecule has 2 nitrogen and oxygen atoms in total. The average molecular weight is 224 g/mol. The lowest BCUT2D eigenvalue weighted by Gasteiger charge is -2.44. The molecule has 2 fully saturated rings. The lowest BCUT2D eigenvalue weighted by molar-refractivity contribution is -0.163. The first kappa shape index (κ1) is 12.1. The van der Waals surface area contributed by atoms with Crippen LogP contribution in [0.5, 0.6) is 0 Å². The molecule has 2 atom stereocenters. The fourth-order valence-electron chi connectivity index (χ4n) is 2.95. The fourth-order valence-corrected chi connectivity index (χ4v) is 2.95. The largest absolute Gasteiger partial charge is 0.376 e. The number of carbonyl (C=O) groups excluding carboxylic acids is 1. The summed E-state index contributed by atoms with van der Waals surface area (Å²) in [6, 6.07) is 0. The topological polar surface area (TPSA) is 26.3 Å². The van der Waals surface area contributed by atoms with Crippen LogP contribution in [-0.2, 0) is 9.53 Å². The predicted octanol–water partition coefficient (Wildman–Crippen LogP) is 3.34. The van der Waals surface area contributed by atoms with Gasteiger partial charge in [0.15, 0.2) is 0 Å². The Hall–Kier alpha value is -0.370. The molecule has 2 saturated carbocycles. The molecule has 2 aliphatic carbocycles. The average Bonchev–Trinajstić information content (AvgIpc) is 2.34. The maximum atomic E-state index is 11.6. The van der Waals surface area contributed by atoms with E-state index in [0.717, 1.165) is 18.9 Å². The van der Waals surface area contributed by atoms with Crippen molar-refractivity contribution in [2.75, 3.05) is 6.61 Å². The van der Waals surface area contributed by atoms with Gasteiger partial charge in [-0.25, -0.2) is 0 Å². The summed E-state index contributed by atoms with van der Waals surface area (Å²) < 4.78 is 5.97. The Morgan fingerprint density at radius 1 is 1.31 bits per heavy atom. The number of rotatable bonds is 4. The highest BCUT2D eigenvalue weighted by Crippen LogP contribution is 2.42. The number of ether oxygens (including phenoxy) is 1. The smallest absolute Gasteiger partial charge is 0.143 e. The number of carbonyl (C=O) groups is 1. The van der Waals surface area contributed by atoms with Crippen LogP contribution in [0, 0.1) is 11.3 Å². The van der Waals surface area contributed by atoms with E-state index in [1.807, 2.05) is 0 Å². The second kappa shape index (κ2) is 4.87. The Morgan fingerprint density at radius 2 is 2.00 bits per heavy atom. The highest BCUT2D eigenvalue weighted by molar-refractivity contribution is 5.91. The van der Waals surface area contributed by atoms with Crippen LogP contribution in [0.25, 0.3) is 0 Å². The molecule has 0 heterocycles. The van der Waals surface area contributed by atoms with Crippen LogP contribution in [0.4, 0.5) is 0 Å². The molecular formula is C14H24O2. The summed E-state index contributed by atoms with van der Waals surface area (Å²) >= 11 is 0. The molecule has 0 aromatic carbocycles. The summed E-state index contributed by atoms with van der Waals surface area (Å²) in [7, 11) is 0. The third-order valence-corrected chi connectivity index (χ3v) is 4.71. The Kier molecular flexibility index (Phi) is 3.68. The SMILES string of the molecule is CCC1(C)C(=O)CC1OCC1CCCCC1. The van der Waals surface area contributed by atoms with E-state index in [0.29, 0.717) is 12.2 Å². The van der Waals surface area contributed by atoms with E-state index in [9.17, 15) is 4.79 Å². The van der Waals surface area contributed by atoms with E-state index in [2.05, 4.69) is 13.8 Å². The molecular weight excluding hydrogens is 200 g/mol. The lowest BCUT2D eigenvalue weighted by Crippen LogP contribution is -2.53. The van der Waals surface area contributed by atoms with E-state index in [-0.39, 0.29) is 11.5 Å². The Balaban J connectivity index is 1.76. The van der Waals surface area contributed by atoms with Gasteiger partial charge in [0.2, 0.25) is 0 Å². The van der Waals surface area contributed by atoms with Crippen LogP contribution in [-0.4, -0.2) is 18.5 Å². The van der Waals surface area contributed by atoms with Crippen LogP contribution in [0.15, 0.2) is 0 Å². The number of hydrogen-bond donors (Lipinski definition) is 0. The van der Waals surface area contributed by atoms with Crippen LogP contribution < -0.4 is 0 Å². The van der Waals surface area contributed by atoms with Crippen molar-refractivity contribution < 1.29 is 9.53 Å². The van der Waals surface area contributed by atoms with E-state index in [1.54, 1.807) is 0 Å². The quantitative estimate of drug-likeness (QED) is 0.732. The molecule has 0 aliphatic heterocycles. The van der Waals surface area contributed by atoms with Gasteiger partial charge < -0.3 is 4.74 Å². The minimum Gasteiger partial charge on any atom is -0.376 e. The molecule has 0 spiro atoms. The molecule has 92 valence electrons. The fraction of sp³-hybridized carbons (Fsp3) is 0.929. The van der Waals surface area contributed by atoms with Crippen molar-refractivity contribution in [2.24, 2.45) is 11.3 Å². The molecule has 16 heavy (non-hydrogen) atoms. The van der Waals surface area contributed by atoms with Crippen molar-refractivity contribution in [1.82, 2.24) is 0 Å². The zero-order valence-electron chi connectivity index (χ0n) is 10.6. The van der Waals surface area contributed by atoms with Gasteiger partial charge >= 0.3 is 0 Å². The molecule has 2 aliphatic rings. The Bertz CT molecular complexity index is 255. The molecule has 0 saturated heterocycles. The summed E-state index contributed by atoms with van der Waals surface area (Å²) in [5.41, 5.74) is -0.172. The Morgan fingerprint density at radius 3 is 2.56 bits per heavy atom. The van der Waals surface area contributed by atoms with Crippen LogP contribution in [0.1, 0.15) is 58.8 Å². The molecule has 0 radical (unpaired) electrons. The van der Waals surface area contributed by atoms with Crippen LogP contribution in [0.3, 0.4) is 0 Å². The third-order valence-electron chi connectivity index (χ3n) is 4.71. The molecule has 0 aromatic heterocycles. The van der Waals surface area contributed by atoms with Crippen molar-refractivity contribution in [3.05, 3.63) is 0 Å². The molecule has 0 N–H and O–H groups in total. The van der Waals surface area contributed by atoms with Gasteiger partial charge in [-0.15, -0.1) is 0 Å². The zero-order chi connectivity index (χ0) is 11.6. The molecule has 0 aromatic rings. The molecule has 0 amide bonds. The van der Waals surface area contributed by atoms with E-state index < -0.39 is 0 Å². The van der Waals surface area contributed by atoms with Crippen LogP contribution in [0.2, 0.25) is 0 Å². The summed E-state index contributed by atoms with van der Waals surface area (Å²) in [5.74, 6) is 1.15. The predicted molar refractivity (Wildman–Crippen MR) is 64.3 cm³/mol. The van der Waals surface area contributed by atoms with Crippen molar-refractivity contribution in [2.45, 2.75) is 64.9 Å². The van der Waals surface area contributed by atoms with Gasteiger partial charge in [-0.3, -0.25) is 4.79 Å². The van der Waals surface area contributed by atoms with E-state index in [4.69, 9.17) is 4.74 Å². The number of ketones is 1. The summed E-state index contributed by atoms with van der Waals surface area (Å²) in [4.78, 5) is 11.6. The molecule has 2 rings (SSSR count). The normalized spacial score (nSPS) is 36.1. The van der Waals surface area contributed by atoms with Crippen molar-refractivity contribution in [3.63, 3.8) is 0 Å². The number of hydrogen-bond acceptors (Lipinski definition) is 2. The summed E-state index contributed by atoms with van der Waals surface area (Å²) in [5, 5.41) is 0. The first-order chi connectivity index (χ1) is 7.66. The highest BCUT2D eigenvalue weighted by Gasteiger charge is 2.50. The van der Waals surface area contributed by atoms with E-state index in [1.165, 1.54) is 32.1 Å². The third kappa shape index (κ3) is 2.17. The second-order valence-corrected chi connectivity index (χ2v) is 5.72. The van der Waals surface area contributed by atoms with Gasteiger partial charge in [-0.1, -0.05) is 33.1 Å². The lowest BCUT2D eigenvalue weighted by atomic mass is 9.64. The molecule has 2 heteroatoms. The maximum Gasteiger partial charge on any atom is 0.143 e. The minimum atomic E-state index is -0.172. The van der Waals surface area contributed by atoms with Gasteiger partial charge in [0, 0.05) is 13.0 Å². The van der Waals surface area contributed by atoms with Crippen molar-refractivity contribution >= 4 is 5.78 Å². The van der Waals surface area contributed by atoms with Gasteiger partial charge in [0.1, 0.15) is 5.78 Å². The second-order valence-electron chi connectivity index (χ2n) is 5.72.